The van der Waals surface area contributed by atoms with Gasteiger partial charge in [-0.05, 0) is 35.9 Å². The molecule has 3 aromatic carbocycles. The fraction of sp³-hybridized carbons (Fsp3) is 0.214. The van der Waals surface area contributed by atoms with E-state index in [9.17, 15) is 29.1 Å². The Kier molecular flexibility index (Phi) is 6.53. The van der Waals surface area contributed by atoms with Crippen molar-refractivity contribution in [3.05, 3.63) is 71.4 Å². The fourth-order valence-electron chi connectivity index (χ4n) is 4.64. The van der Waals surface area contributed by atoms with Gasteiger partial charge in [-0.2, -0.15) is 5.26 Å². The van der Waals surface area contributed by atoms with E-state index in [-0.39, 0.29) is 40.1 Å². The largest absolute Gasteiger partial charge is 0.507 e. The van der Waals surface area contributed by atoms with E-state index in [0.29, 0.717) is 22.5 Å². The molecule has 2 N–H and O–H groups in total. The van der Waals surface area contributed by atoms with E-state index >= 15 is 0 Å². The van der Waals surface area contributed by atoms with Gasteiger partial charge in [-0.15, -0.1) is 0 Å². The van der Waals surface area contributed by atoms with Gasteiger partial charge in [0.25, 0.3) is 0 Å². The second-order valence-corrected chi connectivity index (χ2v) is 9.14. The van der Waals surface area contributed by atoms with Crippen LogP contribution in [0.5, 0.6) is 17.2 Å². The Hall–Kier alpha value is -4.58. The van der Waals surface area contributed by atoms with Gasteiger partial charge in [0.05, 0.1) is 31.2 Å². The highest BCUT2D eigenvalue weighted by Crippen LogP contribution is 2.48. The Labute approximate surface area is 211 Å². The van der Waals surface area contributed by atoms with Crippen molar-refractivity contribution in [1.29, 1.82) is 5.26 Å². The average Bonchev–Trinajstić information content (AvgIpc) is 3.20. The van der Waals surface area contributed by atoms with Crippen LogP contribution in [0.25, 0.3) is 27.7 Å². The van der Waals surface area contributed by atoms with Crippen LogP contribution in [0.2, 0.25) is 0 Å². The van der Waals surface area contributed by atoms with E-state index in [0.717, 1.165) is 6.07 Å². The third kappa shape index (κ3) is 4.31. The molecule has 37 heavy (non-hydrogen) atoms. The zero-order valence-corrected chi connectivity index (χ0v) is 20.6. The predicted molar refractivity (Wildman–Crippen MR) is 134 cm³/mol. The maximum Gasteiger partial charge on any atom is 0.339 e. The van der Waals surface area contributed by atoms with Gasteiger partial charge in [0, 0.05) is 40.9 Å². The number of hydrogen-bond acceptors (Lipinski definition) is 5. The van der Waals surface area contributed by atoms with Crippen molar-refractivity contribution < 1.29 is 33.3 Å². The van der Waals surface area contributed by atoms with Gasteiger partial charge >= 0.3 is 5.97 Å². The number of hydrogen-bond donors (Lipinski definition) is 2. The van der Waals surface area contributed by atoms with Crippen molar-refractivity contribution in [3.63, 3.8) is 0 Å². The van der Waals surface area contributed by atoms with E-state index in [4.69, 9.17) is 9.47 Å². The maximum atomic E-state index is 14.7. The monoisotopic (exact) mass is 506 g/mol. The molecule has 0 fully saturated rings. The molecule has 0 unspecified atom stereocenters. The molecule has 0 atom stereocenters. The number of carbonyl (C=O) groups is 1. The zero-order chi connectivity index (χ0) is 27.1. The number of aromatic nitrogens is 1. The quantitative estimate of drug-likeness (QED) is 0.310. The first-order valence-corrected chi connectivity index (χ1v) is 11.2. The molecule has 1 heterocycles. The van der Waals surface area contributed by atoms with E-state index in [1.807, 2.05) is 13.8 Å². The molecule has 7 nitrogen and oxygen atoms in total. The van der Waals surface area contributed by atoms with Crippen molar-refractivity contribution in [2.45, 2.75) is 25.7 Å². The molecule has 0 bridgehead atoms. The fourth-order valence-corrected chi connectivity index (χ4v) is 4.64. The van der Waals surface area contributed by atoms with Crippen molar-refractivity contribution in [2.75, 3.05) is 14.2 Å². The number of phenolic OH excluding ortho intramolecular Hbond substituents is 1. The third-order valence-electron chi connectivity index (χ3n) is 6.29. The summed E-state index contributed by atoms with van der Waals surface area (Å²) in [7, 11) is 2.66. The number of aromatic hydroxyl groups is 1. The molecule has 0 spiro atoms. The van der Waals surface area contributed by atoms with Crippen LogP contribution < -0.4 is 9.47 Å². The Morgan fingerprint density at radius 1 is 1.05 bits per heavy atom. The summed E-state index contributed by atoms with van der Waals surface area (Å²) < 4.78 is 41.1. The van der Waals surface area contributed by atoms with Crippen molar-refractivity contribution in [1.82, 2.24) is 4.57 Å². The summed E-state index contributed by atoms with van der Waals surface area (Å²) in [5.74, 6) is -2.79. The highest BCUT2D eigenvalue weighted by atomic mass is 19.1. The molecular weight excluding hydrogens is 482 g/mol. The van der Waals surface area contributed by atoms with Gasteiger partial charge in [0.15, 0.2) is 11.6 Å². The lowest BCUT2D eigenvalue weighted by atomic mass is 9.81. The lowest BCUT2D eigenvalue weighted by molar-refractivity contribution is 0.0693. The first-order valence-electron chi connectivity index (χ1n) is 11.2. The van der Waals surface area contributed by atoms with Crippen LogP contribution in [0.4, 0.5) is 8.78 Å². The summed E-state index contributed by atoms with van der Waals surface area (Å²) in [6.45, 7) is 3.64. The smallest absolute Gasteiger partial charge is 0.339 e. The summed E-state index contributed by atoms with van der Waals surface area (Å²) in [6.07, 6.45) is 0.0439. The second kappa shape index (κ2) is 9.47. The number of ether oxygens (including phenoxy) is 2. The highest BCUT2D eigenvalue weighted by Gasteiger charge is 2.34. The van der Waals surface area contributed by atoms with Gasteiger partial charge in [0.1, 0.15) is 22.9 Å². The summed E-state index contributed by atoms with van der Waals surface area (Å²) in [4.78, 5) is 11.7. The number of carboxylic acid groups (broad SMARTS) is 1. The molecule has 9 heteroatoms. The van der Waals surface area contributed by atoms with Crippen LogP contribution in [-0.2, 0) is 5.41 Å². The number of nitriles is 1. The Morgan fingerprint density at radius 3 is 2.38 bits per heavy atom. The van der Waals surface area contributed by atoms with Gasteiger partial charge in [-0.25, -0.2) is 13.6 Å². The van der Waals surface area contributed by atoms with E-state index < -0.39 is 23.0 Å². The van der Waals surface area contributed by atoms with Crippen molar-refractivity contribution >= 4 is 16.9 Å². The molecule has 0 saturated carbocycles. The maximum absolute atomic E-state index is 14.7. The minimum absolute atomic E-state index is 0.0435. The second-order valence-electron chi connectivity index (χ2n) is 9.14. The molecule has 1 aromatic heterocycles. The number of methoxy groups -OCH3 is 2. The molecule has 4 rings (SSSR count). The lowest BCUT2D eigenvalue weighted by Crippen LogP contribution is -2.22. The average molecular weight is 507 g/mol. The number of benzene rings is 3. The molecule has 0 aliphatic rings. The molecular formula is C28H24F2N2O5. The van der Waals surface area contributed by atoms with Crippen LogP contribution in [-0.4, -0.2) is 35.0 Å². The number of aromatic carboxylic acids is 1. The number of fused-ring (bicyclic) bond motifs is 1. The first-order chi connectivity index (χ1) is 17.5. The summed E-state index contributed by atoms with van der Waals surface area (Å²) >= 11 is 0. The Bertz CT molecular complexity index is 1580. The highest BCUT2D eigenvalue weighted by molar-refractivity contribution is 6.04. The SMILES string of the molecule is COc1cc(-n2c(C(C)(C)CC#N)c(-c3ccc(C(=O)O)c(OC)c3)c3c(O)cc(F)cc32)ccc1F. The minimum Gasteiger partial charge on any atom is -0.507 e. The normalized spacial score (nSPS) is 11.4. The van der Waals surface area contributed by atoms with Gasteiger partial charge in [0.2, 0.25) is 0 Å². The Morgan fingerprint density at radius 2 is 1.76 bits per heavy atom. The predicted octanol–water partition coefficient (Wildman–Crippen LogP) is 6.19. The third-order valence-corrected chi connectivity index (χ3v) is 6.29. The number of nitrogens with zero attached hydrogens (tertiary/aromatic N) is 2. The molecule has 4 aromatic rings. The number of rotatable bonds is 7. The number of phenols is 1. The summed E-state index contributed by atoms with van der Waals surface area (Å²) in [5, 5.41) is 30.4. The first kappa shape index (κ1) is 25.5. The van der Waals surface area contributed by atoms with Gasteiger partial charge < -0.3 is 24.3 Å². The van der Waals surface area contributed by atoms with Crippen LogP contribution in [0.1, 0.15) is 36.3 Å². The topological polar surface area (TPSA) is 105 Å². The number of carboxylic acids is 1. The summed E-state index contributed by atoms with van der Waals surface area (Å²) in [6, 6.07) is 13.0. The minimum atomic E-state index is -1.18. The standard InChI is InChI=1S/C28H24F2N2O5/c1-28(2,9-10-31)26-24(15-5-7-18(27(34)35)22(11-15)36-3)25-20(12-16(29)13-21(25)33)32(26)17-6-8-19(30)23(14-17)37-4/h5-8,11-14,33H,9H2,1-4H3,(H,34,35). The van der Waals surface area contributed by atoms with Crippen LogP contribution in [0, 0.1) is 23.0 Å². The van der Waals surface area contributed by atoms with Crippen molar-refractivity contribution in [2.24, 2.45) is 0 Å². The van der Waals surface area contributed by atoms with Crippen LogP contribution in [0.15, 0.2) is 48.5 Å². The molecule has 0 aliphatic heterocycles. The van der Waals surface area contributed by atoms with E-state index in [1.165, 1.54) is 50.6 Å². The van der Waals surface area contributed by atoms with Gasteiger partial charge in [-0.1, -0.05) is 19.9 Å². The summed E-state index contributed by atoms with van der Waals surface area (Å²) in [5.41, 5.74) is 1.19. The number of halogens is 2. The Balaban J connectivity index is 2.23. The van der Waals surface area contributed by atoms with Crippen molar-refractivity contribution in [3.8, 4) is 40.1 Å². The van der Waals surface area contributed by atoms with E-state index in [2.05, 4.69) is 6.07 Å². The van der Waals surface area contributed by atoms with E-state index in [1.54, 1.807) is 10.6 Å². The molecule has 0 amide bonds. The molecule has 0 aliphatic carbocycles. The molecule has 0 saturated heterocycles. The van der Waals surface area contributed by atoms with Crippen LogP contribution in [0.3, 0.4) is 0 Å². The lowest BCUT2D eigenvalue weighted by Gasteiger charge is -2.27. The molecule has 190 valence electrons. The molecule has 0 radical (unpaired) electrons. The zero-order valence-electron chi connectivity index (χ0n) is 20.6. The van der Waals surface area contributed by atoms with Crippen LogP contribution >= 0.6 is 0 Å². The van der Waals surface area contributed by atoms with Gasteiger partial charge in [-0.3, -0.25) is 0 Å².